The molecule has 1 aromatic rings. The molecule has 2 atom stereocenters. The number of nitrogens with zero attached hydrogens (tertiary/aromatic N) is 2. The van der Waals surface area contributed by atoms with Gasteiger partial charge in [-0.1, -0.05) is 12.8 Å². The second-order valence-corrected chi connectivity index (χ2v) is 4.17. The van der Waals surface area contributed by atoms with Gasteiger partial charge in [0.2, 0.25) is 5.91 Å². The summed E-state index contributed by atoms with van der Waals surface area (Å²) in [7, 11) is 0. The van der Waals surface area contributed by atoms with Crippen LogP contribution in [0.3, 0.4) is 0 Å². The Morgan fingerprint density at radius 3 is 2.69 bits per heavy atom. The van der Waals surface area contributed by atoms with Gasteiger partial charge in [-0.3, -0.25) is 4.79 Å². The van der Waals surface area contributed by atoms with E-state index in [9.17, 15) is 4.79 Å². The number of hydrogen-bond acceptors (Lipinski definition) is 4. The van der Waals surface area contributed by atoms with Gasteiger partial charge in [0.15, 0.2) is 0 Å². The Labute approximate surface area is 94.5 Å². The van der Waals surface area contributed by atoms with Crippen LogP contribution < -0.4 is 11.1 Å². The van der Waals surface area contributed by atoms with Crippen molar-refractivity contribution in [2.24, 2.45) is 11.7 Å². The second kappa shape index (κ2) is 5.03. The van der Waals surface area contributed by atoms with E-state index in [1.54, 1.807) is 12.4 Å². The Morgan fingerprint density at radius 2 is 2.00 bits per heavy atom. The highest BCUT2D eigenvalue weighted by molar-refractivity contribution is 5.92. The fraction of sp³-hybridized carbons (Fsp3) is 0.545. The van der Waals surface area contributed by atoms with Crippen LogP contribution in [0.5, 0.6) is 0 Å². The Kier molecular flexibility index (Phi) is 3.46. The summed E-state index contributed by atoms with van der Waals surface area (Å²) in [5, 5.41) is 2.80. The van der Waals surface area contributed by atoms with E-state index in [-0.39, 0.29) is 17.9 Å². The van der Waals surface area contributed by atoms with Gasteiger partial charge in [0.05, 0.1) is 24.0 Å². The lowest BCUT2D eigenvalue weighted by molar-refractivity contribution is -0.121. The summed E-state index contributed by atoms with van der Waals surface area (Å²) in [5.74, 6) is -0.0871. The molecule has 86 valence electrons. The summed E-state index contributed by atoms with van der Waals surface area (Å²) in [5.41, 5.74) is 6.57. The number of carbonyl (C=O) groups is 1. The maximum atomic E-state index is 11.9. The highest BCUT2D eigenvalue weighted by Crippen LogP contribution is 2.24. The molecule has 3 N–H and O–H groups in total. The fourth-order valence-electron chi connectivity index (χ4n) is 2.08. The Bertz CT molecular complexity index is 354. The van der Waals surface area contributed by atoms with E-state index < -0.39 is 0 Å². The van der Waals surface area contributed by atoms with E-state index in [0.717, 1.165) is 25.7 Å². The summed E-state index contributed by atoms with van der Waals surface area (Å²) in [6.07, 6.45) is 8.61. The molecule has 1 aliphatic carbocycles. The average Bonchev–Trinajstić information content (AvgIpc) is 2.31. The minimum absolute atomic E-state index is 0.0120. The predicted molar refractivity (Wildman–Crippen MR) is 60.6 cm³/mol. The van der Waals surface area contributed by atoms with E-state index in [1.807, 2.05) is 0 Å². The van der Waals surface area contributed by atoms with Crippen LogP contribution >= 0.6 is 0 Å². The molecule has 0 radical (unpaired) electrons. The third kappa shape index (κ3) is 2.55. The third-order valence-corrected chi connectivity index (χ3v) is 2.98. The van der Waals surface area contributed by atoms with Crippen LogP contribution in [-0.4, -0.2) is 21.9 Å². The lowest BCUT2D eigenvalue weighted by atomic mass is 9.84. The van der Waals surface area contributed by atoms with Crippen molar-refractivity contribution in [2.75, 3.05) is 5.32 Å². The van der Waals surface area contributed by atoms with Gasteiger partial charge in [0, 0.05) is 6.04 Å². The van der Waals surface area contributed by atoms with Crippen LogP contribution in [0.25, 0.3) is 0 Å². The summed E-state index contributed by atoms with van der Waals surface area (Å²) in [4.78, 5) is 19.6. The monoisotopic (exact) mass is 220 g/mol. The van der Waals surface area contributed by atoms with Crippen LogP contribution in [0.2, 0.25) is 0 Å². The van der Waals surface area contributed by atoms with E-state index in [2.05, 4.69) is 15.3 Å². The molecular formula is C11H16N4O. The third-order valence-electron chi connectivity index (χ3n) is 2.98. The number of amides is 1. The minimum Gasteiger partial charge on any atom is -0.327 e. The van der Waals surface area contributed by atoms with Gasteiger partial charge in [-0.05, 0) is 12.8 Å². The van der Waals surface area contributed by atoms with Crippen molar-refractivity contribution in [3.05, 3.63) is 18.7 Å². The first kappa shape index (κ1) is 11.0. The number of nitrogens with two attached hydrogens (primary N) is 1. The average molecular weight is 220 g/mol. The molecule has 0 aromatic carbocycles. The molecular weight excluding hydrogens is 204 g/mol. The van der Waals surface area contributed by atoms with Crippen molar-refractivity contribution in [3.8, 4) is 0 Å². The largest absolute Gasteiger partial charge is 0.327 e. The van der Waals surface area contributed by atoms with Crippen LogP contribution in [0.15, 0.2) is 18.7 Å². The molecule has 0 aliphatic heterocycles. The summed E-state index contributed by atoms with van der Waals surface area (Å²) < 4.78 is 0. The van der Waals surface area contributed by atoms with Crippen molar-refractivity contribution in [1.82, 2.24) is 9.97 Å². The quantitative estimate of drug-likeness (QED) is 0.777. The summed E-state index contributed by atoms with van der Waals surface area (Å²) >= 11 is 0. The highest BCUT2D eigenvalue weighted by Gasteiger charge is 2.28. The molecule has 0 spiro atoms. The zero-order valence-electron chi connectivity index (χ0n) is 9.10. The number of anilines is 1. The molecule has 1 fully saturated rings. The topological polar surface area (TPSA) is 80.9 Å². The van der Waals surface area contributed by atoms with Crippen molar-refractivity contribution >= 4 is 11.6 Å². The molecule has 1 heterocycles. The maximum absolute atomic E-state index is 11.9. The van der Waals surface area contributed by atoms with E-state index >= 15 is 0 Å². The Hall–Kier alpha value is -1.49. The van der Waals surface area contributed by atoms with Gasteiger partial charge in [-0.15, -0.1) is 0 Å². The normalized spacial score (nSPS) is 25.1. The van der Waals surface area contributed by atoms with Gasteiger partial charge in [0.1, 0.15) is 6.33 Å². The molecule has 1 amide bonds. The van der Waals surface area contributed by atoms with Crippen molar-refractivity contribution in [1.29, 1.82) is 0 Å². The molecule has 0 bridgehead atoms. The molecule has 2 unspecified atom stereocenters. The number of rotatable bonds is 2. The molecule has 1 saturated carbocycles. The molecule has 1 aliphatic rings. The number of hydrogen-bond donors (Lipinski definition) is 2. The van der Waals surface area contributed by atoms with Gasteiger partial charge < -0.3 is 11.1 Å². The van der Waals surface area contributed by atoms with Gasteiger partial charge >= 0.3 is 0 Å². The minimum atomic E-state index is -0.0750. The van der Waals surface area contributed by atoms with E-state index in [0.29, 0.717) is 5.69 Å². The smallest absolute Gasteiger partial charge is 0.229 e. The van der Waals surface area contributed by atoms with Gasteiger partial charge in [-0.2, -0.15) is 0 Å². The molecule has 16 heavy (non-hydrogen) atoms. The zero-order chi connectivity index (χ0) is 11.4. The molecule has 1 aromatic heterocycles. The van der Waals surface area contributed by atoms with Gasteiger partial charge in [0.25, 0.3) is 0 Å². The number of carbonyl (C=O) groups excluding carboxylic acids is 1. The standard InChI is InChI=1S/C11H16N4O/c12-10-4-2-1-3-9(10)11(16)15-8-5-13-7-14-6-8/h5-7,9-10H,1-4,12H2,(H,15,16). The lowest BCUT2D eigenvalue weighted by Crippen LogP contribution is -2.40. The second-order valence-electron chi connectivity index (χ2n) is 4.17. The Morgan fingerprint density at radius 1 is 1.31 bits per heavy atom. The Balaban J connectivity index is 1.97. The fourth-order valence-corrected chi connectivity index (χ4v) is 2.08. The lowest BCUT2D eigenvalue weighted by Gasteiger charge is -2.27. The van der Waals surface area contributed by atoms with Crippen LogP contribution in [-0.2, 0) is 4.79 Å². The maximum Gasteiger partial charge on any atom is 0.229 e. The molecule has 5 heteroatoms. The van der Waals surface area contributed by atoms with E-state index in [1.165, 1.54) is 6.33 Å². The summed E-state index contributed by atoms with van der Waals surface area (Å²) in [6.45, 7) is 0. The molecule has 0 saturated heterocycles. The summed E-state index contributed by atoms with van der Waals surface area (Å²) in [6, 6.07) is -0.0154. The van der Waals surface area contributed by atoms with Crippen LogP contribution in [0.4, 0.5) is 5.69 Å². The first-order chi connectivity index (χ1) is 7.77. The number of aromatic nitrogens is 2. The molecule has 5 nitrogen and oxygen atoms in total. The van der Waals surface area contributed by atoms with Crippen molar-refractivity contribution < 1.29 is 4.79 Å². The zero-order valence-corrected chi connectivity index (χ0v) is 9.10. The predicted octanol–water partition coefficient (Wildman–Crippen LogP) is 0.933. The van der Waals surface area contributed by atoms with Crippen molar-refractivity contribution in [3.63, 3.8) is 0 Å². The van der Waals surface area contributed by atoms with Crippen LogP contribution in [0, 0.1) is 5.92 Å². The van der Waals surface area contributed by atoms with Crippen LogP contribution in [0.1, 0.15) is 25.7 Å². The van der Waals surface area contributed by atoms with Gasteiger partial charge in [-0.25, -0.2) is 9.97 Å². The van der Waals surface area contributed by atoms with Crippen molar-refractivity contribution in [2.45, 2.75) is 31.7 Å². The highest BCUT2D eigenvalue weighted by atomic mass is 16.1. The first-order valence-electron chi connectivity index (χ1n) is 5.59. The number of nitrogens with one attached hydrogen (secondary N) is 1. The van der Waals surface area contributed by atoms with E-state index in [4.69, 9.17) is 5.73 Å². The SMILES string of the molecule is NC1CCCCC1C(=O)Nc1cncnc1. The first-order valence-corrected chi connectivity index (χ1v) is 5.59. The molecule has 2 rings (SSSR count).